The van der Waals surface area contributed by atoms with Crippen molar-refractivity contribution in [1.82, 2.24) is 0 Å². The Balaban J connectivity index is 1.28. The van der Waals surface area contributed by atoms with E-state index < -0.39 is 15.7 Å². The van der Waals surface area contributed by atoms with Gasteiger partial charge < -0.3 is 9.80 Å². The molecule has 1 amide bonds. The zero-order chi connectivity index (χ0) is 23.7. The van der Waals surface area contributed by atoms with Crippen LogP contribution in [0.3, 0.4) is 0 Å². The summed E-state index contributed by atoms with van der Waals surface area (Å²) in [4.78, 5) is 20.4. The summed E-state index contributed by atoms with van der Waals surface area (Å²) in [5, 5.41) is 0.431. The van der Waals surface area contributed by atoms with Crippen molar-refractivity contribution in [2.24, 2.45) is 10.9 Å². The molecule has 2 aromatic rings. The lowest BCUT2D eigenvalue weighted by Crippen LogP contribution is -2.38. The number of nitrogens with zero attached hydrogens (tertiary/aromatic N) is 3. The second-order valence-electron chi connectivity index (χ2n) is 9.23. The van der Waals surface area contributed by atoms with Crippen LogP contribution in [-0.2, 0) is 21.1 Å². The average Bonchev–Trinajstić information content (AvgIpc) is 3.31. The molecule has 0 N–H and O–H groups in total. The fraction of sp³-hybridized carbons (Fsp3) is 0.440. The van der Waals surface area contributed by atoms with E-state index in [1.54, 1.807) is 0 Å². The Bertz CT molecular complexity index is 1160. The maximum absolute atomic E-state index is 12.2. The minimum Gasteiger partial charge on any atom is -0.372 e. The maximum Gasteiger partial charge on any atom is 0.262 e. The third kappa shape index (κ3) is 5.14. The standard InChI is InChI=1S/C25H28ClN3O3S2/c26-15-24(30)27-25-29(22-16-34(31,32)17-23(22)33-25)21-8-6-20(7-9-21)28-12-10-19(11-13-28)14-18-4-2-1-3-5-18/h1-9,19,22-23H,10-17H2/t22-,23-/m1/s1. The molecule has 5 rings (SSSR count). The van der Waals surface area contributed by atoms with E-state index in [-0.39, 0.29) is 28.7 Å². The van der Waals surface area contributed by atoms with Gasteiger partial charge in [0.15, 0.2) is 15.0 Å². The SMILES string of the molecule is O=C(CCl)N=C1S[C@@H]2CS(=O)(=O)C[C@H]2N1c1ccc(N2CCC(Cc3ccccc3)CC2)cc1. The van der Waals surface area contributed by atoms with Gasteiger partial charge in [0.25, 0.3) is 5.91 Å². The summed E-state index contributed by atoms with van der Waals surface area (Å²) >= 11 is 7.04. The van der Waals surface area contributed by atoms with Gasteiger partial charge in [-0.1, -0.05) is 42.1 Å². The highest BCUT2D eigenvalue weighted by Crippen LogP contribution is 2.41. The summed E-state index contributed by atoms with van der Waals surface area (Å²) < 4.78 is 24.5. The maximum atomic E-state index is 12.2. The molecule has 0 aromatic heterocycles. The van der Waals surface area contributed by atoms with Crippen LogP contribution in [0.5, 0.6) is 0 Å². The number of fused-ring (bicyclic) bond motifs is 1. The summed E-state index contributed by atoms with van der Waals surface area (Å²) in [6, 6.07) is 18.7. The monoisotopic (exact) mass is 517 g/mol. The van der Waals surface area contributed by atoms with Crippen LogP contribution < -0.4 is 9.80 Å². The Morgan fingerprint density at radius 1 is 1.00 bits per heavy atom. The summed E-state index contributed by atoms with van der Waals surface area (Å²) in [7, 11) is -3.09. The quantitative estimate of drug-likeness (QED) is 0.559. The molecular weight excluding hydrogens is 490 g/mol. The van der Waals surface area contributed by atoms with E-state index in [9.17, 15) is 13.2 Å². The second-order valence-corrected chi connectivity index (χ2v) is 12.9. The first kappa shape index (κ1) is 23.7. The Kier molecular flexibility index (Phi) is 6.91. The number of thioether (sulfide) groups is 1. The highest BCUT2D eigenvalue weighted by atomic mass is 35.5. The number of benzene rings is 2. The van der Waals surface area contributed by atoms with Gasteiger partial charge in [0, 0.05) is 29.7 Å². The number of hydrogen-bond donors (Lipinski definition) is 0. The van der Waals surface area contributed by atoms with Gasteiger partial charge in [-0.3, -0.25) is 4.79 Å². The van der Waals surface area contributed by atoms with Crippen molar-refractivity contribution in [2.45, 2.75) is 30.6 Å². The zero-order valence-corrected chi connectivity index (χ0v) is 21.2. The number of carbonyl (C=O) groups excluding carboxylic acids is 1. The third-order valence-electron chi connectivity index (χ3n) is 6.88. The van der Waals surface area contributed by atoms with E-state index in [0.717, 1.165) is 25.2 Å². The molecule has 3 aliphatic rings. The summed E-state index contributed by atoms with van der Waals surface area (Å²) in [5.41, 5.74) is 3.44. The van der Waals surface area contributed by atoms with Gasteiger partial charge in [-0.05, 0) is 55.0 Å². The van der Waals surface area contributed by atoms with Gasteiger partial charge in [-0.15, -0.1) is 11.6 Å². The molecule has 3 fully saturated rings. The van der Waals surface area contributed by atoms with Gasteiger partial charge in [0.2, 0.25) is 0 Å². The molecule has 6 nitrogen and oxygen atoms in total. The Hall–Kier alpha value is -2.03. The van der Waals surface area contributed by atoms with Crippen molar-refractivity contribution < 1.29 is 13.2 Å². The lowest BCUT2D eigenvalue weighted by Gasteiger charge is -2.34. The molecule has 9 heteroatoms. The van der Waals surface area contributed by atoms with E-state index in [1.165, 1.54) is 35.9 Å². The van der Waals surface area contributed by atoms with E-state index in [4.69, 9.17) is 11.6 Å². The number of hydrogen-bond acceptors (Lipinski definition) is 5. The summed E-state index contributed by atoms with van der Waals surface area (Å²) in [6.45, 7) is 2.05. The molecule has 0 saturated carbocycles. The topological polar surface area (TPSA) is 70.0 Å². The van der Waals surface area contributed by atoms with Crippen molar-refractivity contribution in [3.63, 3.8) is 0 Å². The molecular formula is C25H28ClN3O3S2. The van der Waals surface area contributed by atoms with E-state index in [2.05, 4.69) is 52.4 Å². The average molecular weight is 518 g/mol. The van der Waals surface area contributed by atoms with Gasteiger partial charge in [-0.25, -0.2) is 8.42 Å². The molecule has 2 atom stereocenters. The molecule has 34 heavy (non-hydrogen) atoms. The molecule has 3 aliphatic heterocycles. The number of alkyl halides is 1. The first-order valence-corrected chi connectivity index (χ1v) is 14.9. The van der Waals surface area contributed by atoms with E-state index >= 15 is 0 Å². The number of aliphatic imine (C=N–C) groups is 1. The number of rotatable bonds is 5. The van der Waals surface area contributed by atoms with Crippen molar-refractivity contribution in [3.8, 4) is 0 Å². The van der Waals surface area contributed by atoms with E-state index in [0.29, 0.717) is 11.1 Å². The molecule has 0 aliphatic carbocycles. The van der Waals surface area contributed by atoms with Crippen LogP contribution in [0.25, 0.3) is 0 Å². The van der Waals surface area contributed by atoms with Crippen molar-refractivity contribution in [1.29, 1.82) is 0 Å². The highest BCUT2D eigenvalue weighted by Gasteiger charge is 2.49. The Labute approximate surface area is 210 Å². The normalized spacial score (nSPS) is 25.6. The summed E-state index contributed by atoms with van der Waals surface area (Å²) in [5.74, 6) is 0.300. The first-order chi connectivity index (χ1) is 16.4. The smallest absolute Gasteiger partial charge is 0.262 e. The third-order valence-corrected chi connectivity index (χ3v) is 10.3. The minimum atomic E-state index is -3.09. The van der Waals surface area contributed by atoms with Gasteiger partial charge in [0.05, 0.1) is 17.5 Å². The van der Waals surface area contributed by atoms with Crippen molar-refractivity contribution in [2.75, 3.05) is 40.3 Å². The Morgan fingerprint density at radius 3 is 2.35 bits per heavy atom. The fourth-order valence-corrected chi connectivity index (χ4v) is 9.16. The highest BCUT2D eigenvalue weighted by molar-refractivity contribution is 8.16. The zero-order valence-electron chi connectivity index (χ0n) is 18.8. The Morgan fingerprint density at radius 2 is 1.68 bits per heavy atom. The van der Waals surface area contributed by atoms with Crippen LogP contribution in [0.4, 0.5) is 11.4 Å². The second kappa shape index (κ2) is 9.91. The summed E-state index contributed by atoms with van der Waals surface area (Å²) in [6.07, 6.45) is 3.46. The first-order valence-electron chi connectivity index (χ1n) is 11.6. The molecule has 0 spiro atoms. The molecule has 2 aromatic carbocycles. The van der Waals surface area contributed by atoms with Crippen molar-refractivity contribution in [3.05, 3.63) is 60.2 Å². The number of carbonyl (C=O) groups is 1. The van der Waals surface area contributed by atoms with Crippen LogP contribution in [0.15, 0.2) is 59.6 Å². The predicted molar refractivity (Wildman–Crippen MR) is 141 cm³/mol. The van der Waals surface area contributed by atoms with Gasteiger partial charge >= 0.3 is 0 Å². The number of amidine groups is 1. The molecule has 180 valence electrons. The molecule has 0 unspecified atom stereocenters. The van der Waals surface area contributed by atoms with Crippen molar-refractivity contribution >= 4 is 55.6 Å². The molecule has 3 saturated heterocycles. The lowest BCUT2D eigenvalue weighted by molar-refractivity contribution is -0.115. The van der Waals surface area contributed by atoms with Crippen LogP contribution in [0, 0.1) is 5.92 Å². The number of amides is 1. The fourth-order valence-electron chi connectivity index (χ4n) is 5.17. The largest absolute Gasteiger partial charge is 0.372 e. The number of halogens is 1. The molecule has 0 bridgehead atoms. The molecule has 3 heterocycles. The van der Waals surface area contributed by atoms with E-state index in [1.807, 2.05) is 17.0 Å². The number of anilines is 2. The van der Waals surface area contributed by atoms with Crippen LogP contribution in [0.1, 0.15) is 18.4 Å². The van der Waals surface area contributed by atoms with Crippen LogP contribution in [0.2, 0.25) is 0 Å². The van der Waals surface area contributed by atoms with Crippen LogP contribution >= 0.6 is 23.4 Å². The minimum absolute atomic E-state index is 0.0788. The van der Waals surface area contributed by atoms with Gasteiger partial charge in [0.1, 0.15) is 5.88 Å². The number of piperidine rings is 1. The van der Waals surface area contributed by atoms with Crippen LogP contribution in [-0.4, -0.2) is 61.3 Å². The number of sulfone groups is 1. The molecule has 0 radical (unpaired) electrons. The van der Waals surface area contributed by atoms with Gasteiger partial charge in [-0.2, -0.15) is 4.99 Å². The lowest BCUT2D eigenvalue weighted by atomic mass is 9.90. The predicted octanol–water partition coefficient (Wildman–Crippen LogP) is 3.99.